The molecular formula is C21H21F3N2O4. The molecule has 4 rings (SSSR count). The summed E-state index contributed by atoms with van der Waals surface area (Å²) >= 11 is 0. The van der Waals surface area contributed by atoms with Crippen LogP contribution >= 0.6 is 0 Å². The summed E-state index contributed by atoms with van der Waals surface area (Å²) < 4.78 is 52.0. The van der Waals surface area contributed by atoms with Gasteiger partial charge < -0.3 is 14.1 Å². The van der Waals surface area contributed by atoms with Gasteiger partial charge in [0.2, 0.25) is 5.91 Å². The summed E-state index contributed by atoms with van der Waals surface area (Å²) in [6.45, 7) is 5.40. The Labute approximate surface area is 170 Å². The second-order valence-corrected chi connectivity index (χ2v) is 7.79. The van der Waals surface area contributed by atoms with E-state index in [4.69, 9.17) is 9.15 Å². The third-order valence-corrected chi connectivity index (χ3v) is 5.11. The summed E-state index contributed by atoms with van der Waals surface area (Å²) in [5.74, 6) is -0.625. The van der Waals surface area contributed by atoms with Gasteiger partial charge in [-0.2, -0.15) is 13.2 Å². The first-order valence-corrected chi connectivity index (χ1v) is 9.72. The minimum atomic E-state index is -4.54. The monoisotopic (exact) mass is 422 g/mol. The normalized spacial score (nSPS) is 15.5. The minimum Gasteiger partial charge on any atom is -0.449 e. The second kappa shape index (κ2) is 7.46. The molecule has 160 valence electrons. The molecule has 1 fully saturated rings. The summed E-state index contributed by atoms with van der Waals surface area (Å²) in [7, 11) is 0. The van der Waals surface area contributed by atoms with Crippen LogP contribution in [0.5, 0.6) is 0 Å². The molecule has 1 aromatic carbocycles. The highest BCUT2D eigenvalue weighted by atomic mass is 19.4. The van der Waals surface area contributed by atoms with Crippen LogP contribution in [-0.4, -0.2) is 47.6 Å². The maximum absolute atomic E-state index is 13.2. The quantitative estimate of drug-likeness (QED) is 0.621. The largest absolute Gasteiger partial charge is 0.449 e. The molecule has 9 heteroatoms. The van der Waals surface area contributed by atoms with Gasteiger partial charge in [-0.05, 0) is 24.1 Å². The molecule has 0 saturated carbocycles. The number of nitrogens with zero attached hydrogens (tertiary/aromatic N) is 2. The summed E-state index contributed by atoms with van der Waals surface area (Å²) in [6, 6.07) is 4.63. The molecule has 1 aliphatic heterocycles. The van der Waals surface area contributed by atoms with Gasteiger partial charge in [-0.3, -0.25) is 14.2 Å². The number of aromatic nitrogens is 1. The highest BCUT2D eigenvalue weighted by Crippen LogP contribution is 2.37. The number of morpholine rings is 1. The molecule has 0 radical (unpaired) electrons. The molecule has 1 amide bonds. The van der Waals surface area contributed by atoms with Crippen molar-refractivity contribution in [2.45, 2.75) is 26.4 Å². The van der Waals surface area contributed by atoms with Gasteiger partial charge in [-0.15, -0.1) is 0 Å². The van der Waals surface area contributed by atoms with Crippen molar-refractivity contribution in [1.82, 2.24) is 9.47 Å². The van der Waals surface area contributed by atoms with E-state index in [9.17, 15) is 22.8 Å². The van der Waals surface area contributed by atoms with Gasteiger partial charge in [-0.25, -0.2) is 0 Å². The average molecular weight is 422 g/mol. The number of ether oxygens (including phenoxy) is 1. The van der Waals surface area contributed by atoms with Crippen molar-refractivity contribution < 1.29 is 31.9 Å². The Morgan fingerprint density at radius 3 is 2.43 bits per heavy atom. The first-order valence-electron chi connectivity index (χ1n) is 9.72. The summed E-state index contributed by atoms with van der Waals surface area (Å²) in [4.78, 5) is 27.3. The van der Waals surface area contributed by atoms with Crippen LogP contribution in [0.1, 0.15) is 41.2 Å². The molecular weight excluding hydrogens is 401 g/mol. The molecule has 0 N–H and O–H groups in total. The fraction of sp³-hybridized carbons (Fsp3) is 0.429. The first-order chi connectivity index (χ1) is 14.2. The van der Waals surface area contributed by atoms with Crippen LogP contribution in [0.2, 0.25) is 0 Å². The van der Waals surface area contributed by atoms with Crippen molar-refractivity contribution in [2.75, 3.05) is 26.3 Å². The number of alkyl halides is 3. The number of hydrogen-bond acceptors (Lipinski definition) is 4. The molecule has 30 heavy (non-hydrogen) atoms. The van der Waals surface area contributed by atoms with Crippen LogP contribution in [0.25, 0.3) is 22.0 Å². The van der Waals surface area contributed by atoms with E-state index in [1.807, 2.05) is 13.8 Å². The van der Waals surface area contributed by atoms with Crippen LogP contribution in [-0.2, 0) is 10.9 Å². The van der Waals surface area contributed by atoms with Gasteiger partial charge in [0.05, 0.1) is 29.8 Å². The number of hydrogen-bond donors (Lipinski definition) is 0. The average Bonchev–Trinajstić information content (AvgIpc) is 3.23. The van der Waals surface area contributed by atoms with E-state index in [0.29, 0.717) is 37.2 Å². The Bertz CT molecular complexity index is 1120. The molecule has 3 aromatic rings. The molecule has 1 aliphatic rings. The number of furan rings is 1. The number of carbonyl (C=O) groups is 2. The molecule has 0 spiro atoms. The standard InChI is InChI=1S/C21H21F3N2O4/c1-12(2)9-18(27)26-15-10-13(21(22,23)24)3-4-14(15)19-16(26)11-17(30-19)20(28)25-5-7-29-8-6-25/h3-4,10-12H,5-9H2,1-2H3. The molecule has 0 bridgehead atoms. The minimum absolute atomic E-state index is 0.0113. The summed E-state index contributed by atoms with van der Waals surface area (Å²) in [6.07, 6.45) is -4.39. The van der Waals surface area contributed by atoms with E-state index < -0.39 is 11.7 Å². The SMILES string of the molecule is CC(C)CC(=O)n1c2cc(C(F)(F)F)ccc2c2oc(C(=O)N3CCOCC3)cc21. The zero-order chi connectivity index (χ0) is 21.6. The van der Waals surface area contributed by atoms with Crippen molar-refractivity contribution in [1.29, 1.82) is 0 Å². The number of carbonyl (C=O) groups excluding carboxylic acids is 2. The number of fused-ring (bicyclic) bond motifs is 3. The van der Waals surface area contributed by atoms with E-state index in [1.165, 1.54) is 16.7 Å². The van der Waals surface area contributed by atoms with Gasteiger partial charge in [0.25, 0.3) is 5.91 Å². The second-order valence-electron chi connectivity index (χ2n) is 7.79. The van der Waals surface area contributed by atoms with Gasteiger partial charge in [0, 0.05) is 31.0 Å². The van der Waals surface area contributed by atoms with Crippen LogP contribution in [0.4, 0.5) is 13.2 Å². The highest BCUT2D eigenvalue weighted by molar-refractivity contribution is 6.13. The molecule has 1 saturated heterocycles. The first kappa shape index (κ1) is 20.5. The molecule has 0 aliphatic carbocycles. The Morgan fingerprint density at radius 2 is 1.80 bits per heavy atom. The van der Waals surface area contributed by atoms with E-state index >= 15 is 0 Å². The maximum Gasteiger partial charge on any atom is 0.416 e. The number of rotatable bonds is 3. The van der Waals surface area contributed by atoms with Gasteiger partial charge in [0.15, 0.2) is 11.3 Å². The van der Waals surface area contributed by atoms with Crippen LogP contribution in [0, 0.1) is 5.92 Å². The van der Waals surface area contributed by atoms with Crippen molar-refractivity contribution in [3.8, 4) is 0 Å². The highest BCUT2D eigenvalue weighted by Gasteiger charge is 2.32. The van der Waals surface area contributed by atoms with Crippen LogP contribution < -0.4 is 0 Å². The Morgan fingerprint density at radius 1 is 1.10 bits per heavy atom. The maximum atomic E-state index is 13.2. The lowest BCUT2D eigenvalue weighted by atomic mass is 10.1. The predicted octanol–water partition coefficient (Wildman–Crippen LogP) is 4.57. The van der Waals surface area contributed by atoms with Crippen LogP contribution in [0.3, 0.4) is 0 Å². The third kappa shape index (κ3) is 3.58. The lowest BCUT2D eigenvalue weighted by molar-refractivity contribution is -0.137. The topological polar surface area (TPSA) is 64.7 Å². The molecule has 2 aromatic heterocycles. The van der Waals surface area contributed by atoms with Crippen molar-refractivity contribution >= 4 is 33.8 Å². The molecule has 3 heterocycles. The van der Waals surface area contributed by atoms with Crippen molar-refractivity contribution in [3.05, 3.63) is 35.6 Å². The molecule has 0 unspecified atom stereocenters. The Balaban J connectivity index is 1.87. The zero-order valence-electron chi connectivity index (χ0n) is 16.6. The van der Waals surface area contributed by atoms with Gasteiger partial charge >= 0.3 is 6.18 Å². The fourth-order valence-electron chi connectivity index (χ4n) is 3.69. The van der Waals surface area contributed by atoms with Crippen LogP contribution in [0.15, 0.2) is 28.7 Å². The number of amides is 1. The van der Waals surface area contributed by atoms with E-state index in [-0.39, 0.29) is 41.0 Å². The zero-order valence-corrected chi connectivity index (χ0v) is 16.6. The number of benzene rings is 1. The Kier molecular flexibility index (Phi) is 5.09. The fourth-order valence-corrected chi connectivity index (χ4v) is 3.69. The smallest absolute Gasteiger partial charge is 0.416 e. The predicted molar refractivity (Wildman–Crippen MR) is 104 cm³/mol. The number of halogens is 3. The molecule has 0 atom stereocenters. The Hall–Kier alpha value is -2.81. The lowest BCUT2D eigenvalue weighted by Crippen LogP contribution is -2.40. The van der Waals surface area contributed by atoms with E-state index in [1.54, 1.807) is 4.90 Å². The molecule has 6 nitrogen and oxygen atoms in total. The third-order valence-electron chi connectivity index (χ3n) is 5.11. The summed E-state index contributed by atoms with van der Waals surface area (Å²) in [5, 5.41) is 0.358. The van der Waals surface area contributed by atoms with E-state index in [2.05, 4.69) is 0 Å². The van der Waals surface area contributed by atoms with Gasteiger partial charge in [0.1, 0.15) is 0 Å². The summed E-state index contributed by atoms with van der Waals surface area (Å²) in [5.41, 5.74) is -0.202. The van der Waals surface area contributed by atoms with Gasteiger partial charge in [-0.1, -0.05) is 13.8 Å². The van der Waals surface area contributed by atoms with Crippen molar-refractivity contribution in [2.24, 2.45) is 5.92 Å². The van der Waals surface area contributed by atoms with Crippen molar-refractivity contribution in [3.63, 3.8) is 0 Å². The van der Waals surface area contributed by atoms with E-state index in [0.717, 1.165) is 12.1 Å². The lowest BCUT2D eigenvalue weighted by Gasteiger charge is -2.25.